The third kappa shape index (κ3) is 3.30. The van der Waals surface area contributed by atoms with Crippen LogP contribution in [0.25, 0.3) is 0 Å². The highest BCUT2D eigenvalue weighted by Crippen LogP contribution is 2.31. The molecule has 0 aromatic carbocycles. The van der Waals surface area contributed by atoms with Crippen molar-refractivity contribution in [3.63, 3.8) is 0 Å². The van der Waals surface area contributed by atoms with Crippen LogP contribution in [-0.4, -0.2) is 36.1 Å². The van der Waals surface area contributed by atoms with E-state index in [9.17, 15) is 4.79 Å². The summed E-state index contributed by atoms with van der Waals surface area (Å²) >= 11 is 1.77. The van der Waals surface area contributed by atoms with Crippen molar-refractivity contribution in [2.24, 2.45) is 0 Å². The molecule has 4 nitrogen and oxygen atoms in total. The van der Waals surface area contributed by atoms with Crippen LogP contribution in [0, 0.1) is 6.92 Å². The summed E-state index contributed by atoms with van der Waals surface area (Å²) < 4.78 is 5.79. The van der Waals surface area contributed by atoms with Crippen LogP contribution in [0.4, 0.5) is 0 Å². The molecule has 1 N–H and O–H groups in total. The van der Waals surface area contributed by atoms with E-state index in [-0.39, 0.29) is 18.1 Å². The molecule has 3 unspecified atom stereocenters. The maximum Gasteiger partial charge on any atom is 0.241 e. The van der Waals surface area contributed by atoms with Crippen molar-refractivity contribution in [3.05, 3.63) is 21.9 Å². The number of nitrogens with one attached hydrogen (secondary N) is 1. The summed E-state index contributed by atoms with van der Waals surface area (Å²) in [4.78, 5) is 16.9. The van der Waals surface area contributed by atoms with Crippen LogP contribution in [0.15, 0.2) is 12.1 Å². The second-order valence-electron chi connectivity index (χ2n) is 6.05. The molecule has 0 radical (unpaired) electrons. The highest BCUT2D eigenvalue weighted by Gasteiger charge is 2.37. The Bertz CT molecular complexity index is 496. The molecule has 0 spiro atoms. The van der Waals surface area contributed by atoms with Gasteiger partial charge in [-0.15, -0.1) is 11.3 Å². The van der Waals surface area contributed by atoms with E-state index in [1.165, 1.54) is 22.6 Å². The molecular weight excluding hydrogens is 284 g/mol. The molecule has 2 fully saturated rings. The average molecular weight is 308 g/mol. The highest BCUT2D eigenvalue weighted by atomic mass is 32.1. The first-order valence-corrected chi connectivity index (χ1v) is 8.71. The maximum absolute atomic E-state index is 12.4. The molecule has 3 rings (SSSR count). The third-order valence-electron chi connectivity index (χ3n) is 4.37. The molecule has 0 saturated carbocycles. The van der Waals surface area contributed by atoms with Crippen molar-refractivity contribution in [2.45, 2.75) is 57.8 Å². The van der Waals surface area contributed by atoms with Gasteiger partial charge in [-0.05, 0) is 51.7 Å². The Balaban J connectivity index is 1.66. The number of thiophene rings is 1. The van der Waals surface area contributed by atoms with Gasteiger partial charge in [-0.1, -0.05) is 0 Å². The number of carbonyl (C=O) groups excluding carboxylic acids is 1. The van der Waals surface area contributed by atoms with Gasteiger partial charge in [-0.25, -0.2) is 0 Å². The lowest BCUT2D eigenvalue weighted by molar-refractivity contribution is -0.130. The topological polar surface area (TPSA) is 41.6 Å². The van der Waals surface area contributed by atoms with Gasteiger partial charge in [0.2, 0.25) is 5.91 Å². The lowest BCUT2D eigenvalue weighted by atomic mass is 10.1. The Hall–Kier alpha value is -0.910. The molecule has 2 aliphatic heterocycles. The molecule has 0 bridgehead atoms. The van der Waals surface area contributed by atoms with Crippen molar-refractivity contribution >= 4 is 17.2 Å². The lowest BCUT2D eigenvalue weighted by Crippen LogP contribution is -2.34. The van der Waals surface area contributed by atoms with Crippen LogP contribution >= 0.6 is 11.3 Å². The molecular formula is C16H24N2O2S. The van der Waals surface area contributed by atoms with Crippen LogP contribution in [0.1, 0.15) is 48.5 Å². The summed E-state index contributed by atoms with van der Waals surface area (Å²) in [6, 6.07) is 4.16. The van der Waals surface area contributed by atoms with Crippen molar-refractivity contribution in [1.29, 1.82) is 0 Å². The van der Waals surface area contributed by atoms with Crippen LogP contribution in [0.3, 0.4) is 0 Å². The van der Waals surface area contributed by atoms with Crippen molar-refractivity contribution in [1.82, 2.24) is 10.2 Å². The van der Waals surface area contributed by atoms with Crippen LogP contribution in [-0.2, 0) is 9.53 Å². The lowest BCUT2D eigenvalue weighted by Gasteiger charge is -2.27. The largest absolute Gasteiger partial charge is 0.378 e. The van der Waals surface area contributed by atoms with E-state index in [4.69, 9.17) is 4.74 Å². The fourth-order valence-electron chi connectivity index (χ4n) is 3.17. The fraction of sp³-hybridized carbons (Fsp3) is 0.688. The van der Waals surface area contributed by atoms with Gasteiger partial charge in [0.1, 0.15) is 6.17 Å². The van der Waals surface area contributed by atoms with E-state index in [1.54, 1.807) is 11.3 Å². The number of hydrogen-bond donors (Lipinski definition) is 1. The first-order valence-electron chi connectivity index (χ1n) is 7.89. The summed E-state index contributed by atoms with van der Waals surface area (Å²) in [5, 5.41) is 3.42. The quantitative estimate of drug-likeness (QED) is 0.930. The minimum atomic E-state index is -0.0929. The summed E-state index contributed by atoms with van der Waals surface area (Å²) in [5.74, 6) is 0.210. The van der Waals surface area contributed by atoms with Gasteiger partial charge in [0.25, 0.3) is 0 Å². The van der Waals surface area contributed by atoms with Gasteiger partial charge >= 0.3 is 0 Å². The molecule has 1 aromatic heterocycles. The first kappa shape index (κ1) is 15.0. The number of hydrogen-bond acceptors (Lipinski definition) is 4. The fourth-order valence-corrected chi connectivity index (χ4v) is 4.12. The van der Waals surface area contributed by atoms with Crippen molar-refractivity contribution < 1.29 is 9.53 Å². The van der Waals surface area contributed by atoms with E-state index < -0.39 is 0 Å². The number of rotatable bonds is 4. The van der Waals surface area contributed by atoms with E-state index in [2.05, 4.69) is 24.4 Å². The Morgan fingerprint density at radius 2 is 2.29 bits per heavy atom. The average Bonchev–Trinajstić information content (AvgIpc) is 3.03. The highest BCUT2D eigenvalue weighted by molar-refractivity contribution is 7.12. The standard InChI is InChI=1S/C16H24N2O2S/c1-11-6-7-14(21-11)15-17-12(2)16(19)18(15)9-8-13-5-3-4-10-20-13/h6-7,12-13,15,17H,3-5,8-10H2,1-2H3. The van der Waals surface area contributed by atoms with E-state index in [1.807, 2.05) is 11.8 Å². The van der Waals surface area contributed by atoms with Gasteiger partial charge < -0.3 is 9.64 Å². The van der Waals surface area contributed by atoms with Gasteiger partial charge in [-0.3, -0.25) is 10.1 Å². The minimum absolute atomic E-state index is 0.0368. The molecule has 0 aliphatic carbocycles. The normalized spacial score (nSPS) is 30.1. The maximum atomic E-state index is 12.4. The van der Waals surface area contributed by atoms with Crippen LogP contribution < -0.4 is 5.32 Å². The molecule has 2 saturated heterocycles. The smallest absolute Gasteiger partial charge is 0.241 e. The van der Waals surface area contributed by atoms with E-state index in [0.717, 1.165) is 26.0 Å². The first-order chi connectivity index (χ1) is 10.1. The van der Waals surface area contributed by atoms with Gasteiger partial charge in [0, 0.05) is 22.9 Å². The van der Waals surface area contributed by atoms with E-state index in [0.29, 0.717) is 6.10 Å². The minimum Gasteiger partial charge on any atom is -0.378 e. The summed E-state index contributed by atoms with van der Waals surface area (Å²) in [7, 11) is 0. The summed E-state index contributed by atoms with van der Waals surface area (Å²) in [6.07, 6.45) is 4.87. The number of ether oxygens (including phenoxy) is 1. The number of amides is 1. The monoisotopic (exact) mass is 308 g/mol. The van der Waals surface area contributed by atoms with E-state index >= 15 is 0 Å². The predicted molar refractivity (Wildman–Crippen MR) is 84.3 cm³/mol. The zero-order valence-corrected chi connectivity index (χ0v) is 13.6. The molecule has 5 heteroatoms. The molecule has 3 heterocycles. The Kier molecular flexibility index (Phi) is 4.62. The zero-order valence-electron chi connectivity index (χ0n) is 12.8. The number of aryl methyl sites for hydroxylation is 1. The zero-order chi connectivity index (χ0) is 14.8. The number of nitrogens with zero attached hydrogens (tertiary/aromatic N) is 1. The van der Waals surface area contributed by atoms with Crippen LogP contribution in [0.2, 0.25) is 0 Å². The second kappa shape index (κ2) is 6.46. The summed E-state index contributed by atoms with van der Waals surface area (Å²) in [5.41, 5.74) is 0. The molecule has 1 aromatic rings. The van der Waals surface area contributed by atoms with Gasteiger partial charge in [-0.2, -0.15) is 0 Å². The SMILES string of the molecule is Cc1ccc(C2NC(C)C(=O)N2CCC2CCCCO2)s1. The molecule has 116 valence electrons. The van der Waals surface area contributed by atoms with Gasteiger partial charge in [0.05, 0.1) is 12.1 Å². The Labute approximate surface area is 130 Å². The molecule has 2 aliphatic rings. The van der Waals surface area contributed by atoms with Crippen molar-refractivity contribution in [3.8, 4) is 0 Å². The predicted octanol–water partition coefficient (Wildman–Crippen LogP) is 2.83. The second-order valence-corrected chi connectivity index (χ2v) is 7.37. The summed E-state index contributed by atoms with van der Waals surface area (Å²) in [6.45, 7) is 5.71. The number of carbonyl (C=O) groups is 1. The molecule has 3 atom stereocenters. The molecule has 21 heavy (non-hydrogen) atoms. The molecule has 1 amide bonds. The van der Waals surface area contributed by atoms with Gasteiger partial charge in [0.15, 0.2) is 0 Å². The third-order valence-corrected chi connectivity index (χ3v) is 5.42. The van der Waals surface area contributed by atoms with Crippen molar-refractivity contribution in [2.75, 3.05) is 13.2 Å². The Morgan fingerprint density at radius 3 is 2.95 bits per heavy atom. The van der Waals surface area contributed by atoms with Crippen LogP contribution in [0.5, 0.6) is 0 Å². The Morgan fingerprint density at radius 1 is 1.43 bits per heavy atom.